The molecular formula is C13H16ClN3O4. The van der Waals surface area contributed by atoms with Gasteiger partial charge in [0.1, 0.15) is 0 Å². The lowest BCUT2D eigenvalue weighted by Gasteiger charge is -2.31. The van der Waals surface area contributed by atoms with Crippen molar-refractivity contribution in [2.24, 2.45) is 0 Å². The number of halogens is 1. The fourth-order valence-corrected chi connectivity index (χ4v) is 2.53. The average molecular weight is 314 g/mol. The van der Waals surface area contributed by atoms with Crippen LogP contribution < -0.4 is 5.73 Å². The van der Waals surface area contributed by atoms with Crippen molar-refractivity contribution in [3.05, 3.63) is 32.8 Å². The summed E-state index contributed by atoms with van der Waals surface area (Å²) in [4.78, 5) is 24.3. The quantitative estimate of drug-likeness (QED) is 0.523. The van der Waals surface area contributed by atoms with Gasteiger partial charge in [0.2, 0.25) is 0 Å². The molecule has 0 aromatic heterocycles. The zero-order valence-electron chi connectivity index (χ0n) is 11.5. The third kappa shape index (κ3) is 3.25. The summed E-state index contributed by atoms with van der Waals surface area (Å²) < 4.78 is 5.26. The molecule has 0 spiro atoms. The molecule has 0 radical (unpaired) electrons. The van der Waals surface area contributed by atoms with Crippen LogP contribution in [-0.2, 0) is 4.74 Å². The van der Waals surface area contributed by atoms with E-state index in [-0.39, 0.29) is 33.9 Å². The van der Waals surface area contributed by atoms with Crippen molar-refractivity contribution < 1.29 is 14.5 Å². The monoisotopic (exact) mass is 313 g/mol. The number of nitrogens with two attached hydrogens (primary N) is 1. The second-order valence-corrected chi connectivity index (χ2v) is 5.31. The SMILES string of the molecule is CN(C(=O)c1cc([N+](=O)[O-])cc(Cl)c1N)C1CCOCC1. The van der Waals surface area contributed by atoms with Gasteiger partial charge in [0, 0.05) is 38.4 Å². The predicted octanol–water partition coefficient (Wildman–Crippen LogP) is 2.08. The second-order valence-electron chi connectivity index (χ2n) is 4.91. The van der Waals surface area contributed by atoms with E-state index in [0.29, 0.717) is 13.2 Å². The van der Waals surface area contributed by atoms with Crippen molar-refractivity contribution in [3.63, 3.8) is 0 Å². The number of non-ortho nitro benzene ring substituents is 1. The van der Waals surface area contributed by atoms with Crippen LogP contribution in [0.5, 0.6) is 0 Å². The first kappa shape index (κ1) is 15.5. The number of nitrogen functional groups attached to an aromatic ring is 1. The molecule has 1 amide bonds. The largest absolute Gasteiger partial charge is 0.397 e. The molecule has 0 saturated carbocycles. The van der Waals surface area contributed by atoms with Gasteiger partial charge in [0.15, 0.2) is 0 Å². The normalized spacial score (nSPS) is 15.7. The molecule has 1 aliphatic rings. The summed E-state index contributed by atoms with van der Waals surface area (Å²) >= 11 is 5.88. The molecule has 7 nitrogen and oxygen atoms in total. The molecule has 21 heavy (non-hydrogen) atoms. The van der Waals surface area contributed by atoms with E-state index >= 15 is 0 Å². The Bertz CT molecular complexity index is 573. The molecule has 0 bridgehead atoms. The molecule has 1 aliphatic heterocycles. The second kappa shape index (κ2) is 6.28. The van der Waals surface area contributed by atoms with Gasteiger partial charge in [-0.15, -0.1) is 0 Å². The molecule has 1 fully saturated rings. The summed E-state index contributed by atoms with van der Waals surface area (Å²) in [6.45, 7) is 1.18. The number of benzene rings is 1. The van der Waals surface area contributed by atoms with Crippen LogP contribution in [0.4, 0.5) is 11.4 Å². The van der Waals surface area contributed by atoms with Crippen LogP contribution in [0.1, 0.15) is 23.2 Å². The van der Waals surface area contributed by atoms with Gasteiger partial charge < -0.3 is 15.4 Å². The van der Waals surface area contributed by atoms with Crippen LogP contribution in [0.2, 0.25) is 5.02 Å². The highest BCUT2D eigenvalue weighted by molar-refractivity contribution is 6.34. The van der Waals surface area contributed by atoms with Crippen LogP contribution >= 0.6 is 11.6 Å². The molecule has 0 aliphatic carbocycles. The van der Waals surface area contributed by atoms with E-state index in [4.69, 9.17) is 22.1 Å². The molecule has 0 unspecified atom stereocenters. The van der Waals surface area contributed by atoms with E-state index in [1.165, 1.54) is 6.07 Å². The lowest BCUT2D eigenvalue weighted by molar-refractivity contribution is -0.384. The Hall–Kier alpha value is -1.86. The van der Waals surface area contributed by atoms with Crippen LogP contribution in [0.15, 0.2) is 12.1 Å². The van der Waals surface area contributed by atoms with Crippen molar-refractivity contribution >= 4 is 28.9 Å². The molecular weight excluding hydrogens is 298 g/mol. The van der Waals surface area contributed by atoms with Gasteiger partial charge in [-0.2, -0.15) is 0 Å². The van der Waals surface area contributed by atoms with Gasteiger partial charge >= 0.3 is 0 Å². The Labute approximate surface area is 126 Å². The van der Waals surface area contributed by atoms with E-state index in [1.54, 1.807) is 11.9 Å². The summed E-state index contributed by atoms with van der Waals surface area (Å²) in [6, 6.07) is 2.34. The predicted molar refractivity (Wildman–Crippen MR) is 78.5 cm³/mol. The number of amides is 1. The third-order valence-corrected chi connectivity index (χ3v) is 3.93. The summed E-state index contributed by atoms with van der Waals surface area (Å²) in [6.07, 6.45) is 1.45. The molecule has 8 heteroatoms. The third-order valence-electron chi connectivity index (χ3n) is 3.61. The first-order valence-corrected chi connectivity index (χ1v) is 6.88. The lowest BCUT2D eigenvalue weighted by atomic mass is 10.1. The van der Waals surface area contributed by atoms with E-state index < -0.39 is 4.92 Å². The summed E-state index contributed by atoms with van der Waals surface area (Å²) in [5.41, 5.74) is 5.66. The number of carbonyl (C=O) groups excluding carboxylic acids is 1. The van der Waals surface area contributed by atoms with Crippen LogP contribution in [0.25, 0.3) is 0 Å². The van der Waals surface area contributed by atoms with Crippen molar-refractivity contribution in [3.8, 4) is 0 Å². The molecule has 1 aromatic carbocycles. The van der Waals surface area contributed by atoms with Gasteiger partial charge in [0.25, 0.3) is 11.6 Å². The maximum Gasteiger partial charge on any atom is 0.271 e. The number of hydrogen-bond acceptors (Lipinski definition) is 5. The minimum absolute atomic E-state index is 0.00734. The maximum atomic E-state index is 12.5. The van der Waals surface area contributed by atoms with E-state index in [1.807, 2.05) is 0 Å². The highest BCUT2D eigenvalue weighted by Crippen LogP contribution is 2.30. The minimum Gasteiger partial charge on any atom is -0.397 e. The highest BCUT2D eigenvalue weighted by Gasteiger charge is 2.27. The van der Waals surface area contributed by atoms with Gasteiger partial charge in [-0.05, 0) is 12.8 Å². The number of carbonyl (C=O) groups is 1. The Morgan fingerprint density at radius 3 is 2.67 bits per heavy atom. The number of ether oxygens (including phenoxy) is 1. The van der Waals surface area contributed by atoms with Gasteiger partial charge in [-0.3, -0.25) is 14.9 Å². The van der Waals surface area contributed by atoms with Crippen molar-refractivity contribution in [2.75, 3.05) is 26.0 Å². The number of nitro groups is 1. The molecule has 114 valence electrons. The fourth-order valence-electron chi connectivity index (χ4n) is 2.31. The van der Waals surface area contributed by atoms with Crippen molar-refractivity contribution in [1.82, 2.24) is 4.90 Å². The Morgan fingerprint density at radius 2 is 2.10 bits per heavy atom. The Balaban J connectivity index is 2.31. The fraction of sp³-hybridized carbons (Fsp3) is 0.462. The van der Waals surface area contributed by atoms with Crippen LogP contribution in [-0.4, -0.2) is 42.0 Å². The van der Waals surface area contributed by atoms with Crippen LogP contribution in [0, 0.1) is 10.1 Å². The van der Waals surface area contributed by atoms with Gasteiger partial charge in [-0.25, -0.2) is 0 Å². The molecule has 1 aromatic rings. The summed E-state index contributed by atoms with van der Waals surface area (Å²) in [5.74, 6) is -0.370. The molecule has 1 heterocycles. The number of hydrogen-bond donors (Lipinski definition) is 1. The van der Waals surface area contributed by atoms with E-state index in [9.17, 15) is 14.9 Å². The molecule has 1 saturated heterocycles. The maximum absolute atomic E-state index is 12.5. The van der Waals surface area contributed by atoms with Crippen molar-refractivity contribution in [2.45, 2.75) is 18.9 Å². The van der Waals surface area contributed by atoms with E-state index in [0.717, 1.165) is 18.9 Å². The van der Waals surface area contributed by atoms with Gasteiger partial charge in [0.05, 0.1) is 21.2 Å². The Morgan fingerprint density at radius 1 is 1.48 bits per heavy atom. The number of nitro benzene ring substituents is 1. The number of rotatable bonds is 3. The zero-order chi connectivity index (χ0) is 15.6. The first-order chi connectivity index (χ1) is 9.91. The zero-order valence-corrected chi connectivity index (χ0v) is 12.3. The standard InChI is InChI=1S/C13H16ClN3O4/c1-16(8-2-4-21-5-3-8)13(18)10-6-9(17(19)20)7-11(14)12(10)15/h6-8H,2-5,15H2,1H3. The summed E-state index contributed by atoms with van der Waals surface area (Å²) in [7, 11) is 1.66. The smallest absolute Gasteiger partial charge is 0.271 e. The van der Waals surface area contributed by atoms with E-state index in [2.05, 4.69) is 0 Å². The first-order valence-electron chi connectivity index (χ1n) is 6.50. The van der Waals surface area contributed by atoms with Crippen LogP contribution in [0.3, 0.4) is 0 Å². The lowest BCUT2D eigenvalue weighted by Crippen LogP contribution is -2.40. The summed E-state index contributed by atoms with van der Waals surface area (Å²) in [5, 5.41) is 10.9. The highest BCUT2D eigenvalue weighted by atomic mass is 35.5. The molecule has 0 atom stereocenters. The number of anilines is 1. The number of nitrogens with zero attached hydrogens (tertiary/aromatic N) is 2. The topological polar surface area (TPSA) is 98.7 Å². The van der Waals surface area contributed by atoms with Gasteiger partial charge in [-0.1, -0.05) is 11.6 Å². The minimum atomic E-state index is -0.601. The molecule has 2 N–H and O–H groups in total. The van der Waals surface area contributed by atoms with Crippen molar-refractivity contribution in [1.29, 1.82) is 0 Å². The average Bonchev–Trinajstić information content (AvgIpc) is 2.49. The Kier molecular flexibility index (Phi) is 4.64. The molecule has 2 rings (SSSR count).